The Balaban J connectivity index is 3.50. The summed E-state index contributed by atoms with van der Waals surface area (Å²) in [6, 6.07) is 0.453. The van der Waals surface area contributed by atoms with E-state index in [0.717, 1.165) is 19.3 Å². The molecule has 0 spiro atoms. The first-order valence-corrected chi connectivity index (χ1v) is 4.48. The van der Waals surface area contributed by atoms with Crippen LogP contribution in [0.3, 0.4) is 0 Å². The van der Waals surface area contributed by atoms with Gasteiger partial charge in [0, 0.05) is 12.5 Å². The third-order valence-electron chi connectivity index (χ3n) is 1.97. The number of carbonyl (C=O) groups is 1. The van der Waals surface area contributed by atoms with Crippen LogP contribution in [-0.2, 0) is 9.53 Å². The largest absolute Gasteiger partial charge is 0.469 e. The fourth-order valence-electron chi connectivity index (χ4n) is 1.18. The Morgan fingerprint density at radius 1 is 1.50 bits per heavy atom. The summed E-state index contributed by atoms with van der Waals surface area (Å²) in [5.74, 6) is -0.119. The van der Waals surface area contributed by atoms with E-state index >= 15 is 0 Å². The number of rotatable bonds is 6. The lowest BCUT2D eigenvalue weighted by Gasteiger charge is -2.13. The first-order valence-electron chi connectivity index (χ1n) is 4.48. The Bertz CT molecular complexity index is 126. The second-order valence-electron chi connectivity index (χ2n) is 2.89. The van der Waals surface area contributed by atoms with Crippen LogP contribution in [-0.4, -0.2) is 26.2 Å². The maximum absolute atomic E-state index is 10.8. The molecular formula is C9H19NO2. The second-order valence-corrected chi connectivity index (χ2v) is 2.89. The van der Waals surface area contributed by atoms with Crippen LogP contribution in [0.1, 0.15) is 32.6 Å². The molecule has 0 aliphatic carbocycles. The predicted octanol–water partition coefficient (Wildman–Crippen LogP) is 1.33. The van der Waals surface area contributed by atoms with Crippen molar-refractivity contribution in [3.05, 3.63) is 0 Å². The smallest absolute Gasteiger partial charge is 0.305 e. The lowest BCUT2D eigenvalue weighted by molar-refractivity contribution is -0.140. The molecular weight excluding hydrogens is 154 g/mol. The number of esters is 1. The summed E-state index contributed by atoms with van der Waals surface area (Å²) in [6.45, 7) is 2.14. The molecule has 0 heterocycles. The van der Waals surface area contributed by atoms with E-state index in [1.807, 2.05) is 7.05 Å². The average Bonchev–Trinajstić information content (AvgIpc) is 2.11. The minimum atomic E-state index is -0.119. The van der Waals surface area contributed by atoms with Gasteiger partial charge in [0.2, 0.25) is 0 Å². The molecule has 3 heteroatoms. The molecule has 3 nitrogen and oxygen atoms in total. The molecule has 0 amide bonds. The van der Waals surface area contributed by atoms with Crippen LogP contribution in [0.2, 0.25) is 0 Å². The van der Waals surface area contributed by atoms with Crippen molar-refractivity contribution < 1.29 is 9.53 Å². The minimum Gasteiger partial charge on any atom is -0.469 e. The van der Waals surface area contributed by atoms with Crippen molar-refractivity contribution in [2.75, 3.05) is 14.2 Å². The van der Waals surface area contributed by atoms with Crippen molar-refractivity contribution in [2.45, 2.75) is 38.6 Å². The van der Waals surface area contributed by atoms with Gasteiger partial charge in [0.15, 0.2) is 0 Å². The Morgan fingerprint density at radius 2 is 2.17 bits per heavy atom. The molecule has 0 aromatic heterocycles. The summed E-state index contributed by atoms with van der Waals surface area (Å²) in [5, 5.41) is 3.17. The van der Waals surface area contributed by atoms with Crippen LogP contribution in [0, 0.1) is 0 Å². The van der Waals surface area contributed by atoms with Crippen molar-refractivity contribution in [3.8, 4) is 0 Å². The molecule has 0 fully saturated rings. The van der Waals surface area contributed by atoms with E-state index in [0.29, 0.717) is 12.5 Å². The van der Waals surface area contributed by atoms with Crippen molar-refractivity contribution >= 4 is 5.97 Å². The van der Waals surface area contributed by atoms with Gasteiger partial charge in [-0.05, 0) is 19.9 Å². The van der Waals surface area contributed by atoms with Gasteiger partial charge in [-0.25, -0.2) is 0 Å². The Labute approximate surface area is 74.5 Å². The Kier molecular flexibility index (Phi) is 6.76. The van der Waals surface area contributed by atoms with Crippen LogP contribution >= 0.6 is 0 Å². The fraction of sp³-hybridized carbons (Fsp3) is 0.889. The van der Waals surface area contributed by atoms with E-state index in [4.69, 9.17) is 0 Å². The molecule has 0 aliphatic heterocycles. The van der Waals surface area contributed by atoms with Crippen molar-refractivity contribution in [1.29, 1.82) is 0 Å². The topological polar surface area (TPSA) is 38.3 Å². The highest BCUT2D eigenvalue weighted by Crippen LogP contribution is 2.04. The van der Waals surface area contributed by atoms with Gasteiger partial charge in [0.05, 0.1) is 7.11 Å². The molecule has 0 bridgehead atoms. The minimum absolute atomic E-state index is 0.119. The predicted molar refractivity (Wildman–Crippen MR) is 49.0 cm³/mol. The van der Waals surface area contributed by atoms with E-state index in [2.05, 4.69) is 17.0 Å². The third-order valence-corrected chi connectivity index (χ3v) is 1.97. The van der Waals surface area contributed by atoms with Crippen LogP contribution in [0.4, 0.5) is 0 Å². The van der Waals surface area contributed by atoms with Gasteiger partial charge in [0.1, 0.15) is 0 Å². The van der Waals surface area contributed by atoms with Crippen LogP contribution in [0.25, 0.3) is 0 Å². The van der Waals surface area contributed by atoms with Gasteiger partial charge >= 0.3 is 5.97 Å². The lowest BCUT2D eigenvalue weighted by Crippen LogP contribution is -2.25. The third kappa shape index (κ3) is 5.13. The van der Waals surface area contributed by atoms with Gasteiger partial charge in [-0.3, -0.25) is 4.79 Å². The number of carbonyl (C=O) groups excluding carboxylic acids is 1. The van der Waals surface area contributed by atoms with Crippen molar-refractivity contribution in [2.24, 2.45) is 0 Å². The standard InChI is InChI=1S/C9H19NO2/c1-4-5-8(10-2)6-7-9(11)12-3/h8,10H,4-7H2,1-3H3. The Hall–Kier alpha value is -0.570. The quantitative estimate of drug-likeness (QED) is 0.616. The molecule has 1 unspecified atom stereocenters. The number of methoxy groups -OCH3 is 1. The molecule has 0 saturated heterocycles. The van der Waals surface area contributed by atoms with E-state index in [1.54, 1.807) is 0 Å². The normalized spacial score (nSPS) is 12.6. The number of ether oxygens (including phenoxy) is 1. The zero-order valence-electron chi connectivity index (χ0n) is 8.22. The molecule has 0 aromatic carbocycles. The summed E-state index contributed by atoms with van der Waals surface area (Å²) >= 11 is 0. The van der Waals surface area contributed by atoms with Gasteiger partial charge < -0.3 is 10.1 Å². The van der Waals surface area contributed by atoms with Crippen LogP contribution in [0.15, 0.2) is 0 Å². The van der Waals surface area contributed by atoms with E-state index in [-0.39, 0.29) is 5.97 Å². The summed E-state index contributed by atoms with van der Waals surface area (Å²) in [5.41, 5.74) is 0. The highest BCUT2D eigenvalue weighted by Gasteiger charge is 2.07. The Morgan fingerprint density at radius 3 is 2.58 bits per heavy atom. The molecule has 0 aliphatic rings. The van der Waals surface area contributed by atoms with Crippen LogP contribution in [0.5, 0.6) is 0 Å². The SMILES string of the molecule is CCCC(CCC(=O)OC)NC. The maximum atomic E-state index is 10.8. The molecule has 12 heavy (non-hydrogen) atoms. The van der Waals surface area contributed by atoms with Gasteiger partial charge in [-0.2, -0.15) is 0 Å². The monoisotopic (exact) mass is 173 g/mol. The van der Waals surface area contributed by atoms with Gasteiger partial charge in [-0.15, -0.1) is 0 Å². The molecule has 1 atom stereocenters. The molecule has 72 valence electrons. The zero-order valence-corrected chi connectivity index (χ0v) is 8.22. The molecule has 1 N–H and O–H groups in total. The first-order chi connectivity index (χ1) is 5.74. The molecule has 0 aromatic rings. The van der Waals surface area contributed by atoms with E-state index in [9.17, 15) is 4.79 Å². The zero-order chi connectivity index (χ0) is 9.40. The first kappa shape index (κ1) is 11.4. The van der Waals surface area contributed by atoms with E-state index in [1.165, 1.54) is 7.11 Å². The van der Waals surface area contributed by atoms with Crippen molar-refractivity contribution in [1.82, 2.24) is 5.32 Å². The molecule has 0 saturated carbocycles. The average molecular weight is 173 g/mol. The highest BCUT2D eigenvalue weighted by molar-refractivity contribution is 5.69. The number of hydrogen-bond donors (Lipinski definition) is 1. The number of hydrogen-bond acceptors (Lipinski definition) is 3. The van der Waals surface area contributed by atoms with E-state index < -0.39 is 0 Å². The number of nitrogens with one attached hydrogen (secondary N) is 1. The fourth-order valence-corrected chi connectivity index (χ4v) is 1.18. The second kappa shape index (κ2) is 7.10. The summed E-state index contributed by atoms with van der Waals surface area (Å²) in [4.78, 5) is 10.8. The van der Waals surface area contributed by atoms with Gasteiger partial charge in [-0.1, -0.05) is 13.3 Å². The van der Waals surface area contributed by atoms with Crippen LogP contribution < -0.4 is 5.32 Å². The summed E-state index contributed by atoms with van der Waals surface area (Å²) in [6.07, 6.45) is 3.65. The summed E-state index contributed by atoms with van der Waals surface area (Å²) < 4.78 is 4.56. The maximum Gasteiger partial charge on any atom is 0.305 e. The lowest BCUT2D eigenvalue weighted by atomic mass is 10.1. The highest BCUT2D eigenvalue weighted by atomic mass is 16.5. The van der Waals surface area contributed by atoms with Gasteiger partial charge in [0.25, 0.3) is 0 Å². The molecule has 0 radical (unpaired) electrons. The summed E-state index contributed by atoms with van der Waals surface area (Å²) in [7, 11) is 3.36. The van der Waals surface area contributed by atoms with Crippen molar-refractivity contribution in [3.63, 3.8) is 0 Å². The molecule has 0 rings (SSSR count).